The molecule has 0 saturated heterocycles. The standard InChI is InChI=1S/C11H11F4NO2/c1-18-10(17)8(16)5-6-3-2-4-7(9(6)12)11(13,14)15/h2-4,8H,5,16H2,1H3. The first-order chi connectivity index (χ1) is 8.27. The van der Waals surface area contributed by atoms with Crippen LogP contribution in [0.25, 0.3) is 0 Å². The first-order valence-corrected chi connectivity index (χ1v) is 4.95. The van der Waals surface area contributed by atoms with Crippen LogP contribution in [0, 0.1) is 5.82 Å². The van der Waals surface area contributed by atoms with Gasteiger partial charge in [0.15, 0.2) is 0 Å². The zero-order chi connectivity index (χ0) is 13.9. The van der Waals surface area contributed by atoms with E-state index in [9.17, 15) is 22.4 Å². The molecule has 7 heteroatoms. The minimum Gasteiger partial charge on any atom is -0.468 e. The lowest BCUT2D eigenvalue weighted by Crippen LogP contribution is -2.34. The van der Waals surface area contributed by atoms with Gasteiger partial charge in [-0.25, -0.2) is 4.39 Å². The third-order valence-electron chi connectivity index (χ3n) is 2.33. The molecular weight excluding hydrogens is 254 g/mol. The molecule has 0 heterocycles. The first kappa shape index (κ1) is 14.4. The monoisotopic (exact) mass is 265 g/mol. The van der Waals surface area contributed by atoms with E-state index >= 15 is 0 Å². The number of hydrogen-bond donors (Lipinski definition) is 1. The fourth-order valence-corrected chi connectivity index (χ4v) is 1.43. The summed E-state index contributed by atoms with van der Waals surface area (Å²) in [6.45, 7) is 0. The molecule has 1 rings (SSSR count). The molecule has 0 amide bonds. The fraction of sp³-hybridized carbons (Fsp3) is 0.364. The number of carbonyl (C=O) groups is 1. The Labute approximate surface area is 101 Å². The quantitative estimate of drug-likeness (QED) is 0.670. The molecule has 0 aliphatic rings. The number of rotatable bonds is 3. The second-order valence-corrected chi connectivity index (χ2v) is 3.61. The van der Waals surface area contributed by atoms with Crippen molar-refractivity contribution < 1.29 is 27.1 Å². The zero-order valence-electron chi connectivity index (χ0n) is 9.42. The van der Waals surface area contributed by atoms with Gasteiger partial charge in [0.1, 0.15) is 11.9 Å². The third-order valence-corrected chi connectivity index (χ3v) is 2.33. The van der Waals surface area contributed by atoms with Crippen molar-refractivity contribution in [3.05, 3.63) is 35.1 Å². The van der Waals surface area contributed by atoms with Gasteiger partial charge in [0, 0.05) is 6.42 Å². The van der Waals surface area contributed by atoms with Crippen LogP contribution in [0.15, 0.2) is 18.2 Å². The van der Waals surface area contributed by atoms with E-state index < -0.39 is 29.6 Å². The van der Waals surface area contributed by atoms with E-state index in [2.05, 4.69) is 4.74 Å². The molecular formula is C11H11F4NO2. The highest BCUT2D eigenvalue weighted by molar-refractivity contribution is 5.75. The molecule has 0 radical (unpaired) electrons. The minimum atomic E-state index is -4.78. The topological polar surface area (TPSA) is 52.3 Å². The summed E-state index contributed by atoms with van der Waals surface area (Å²) in [5, 5.41) is 0. The molecule has 1 atom stereocenters. The summed E-state index contributed by atoms with van der Waals surface area (Å²) in [5.41, 5.74) is 3.71. The van der Waals surface area contributed by atoms with Gasteiger partial charge < -0.3 is 10.5 Å². The van der Waals surface area contributed by atoms with Crippen LogP contribution in [0.2, 0.25) is 0 Å². The van der Waals surface area contributed by atoms with Crippen LogP contribution in [-0.2, 0) is 22.1 Å². The van der Waals surface area contributed by atoms with Gasteiger partial charge in [0.25, 0.3) is 0 Å². The van der Waals surface area contributed by atoms with Gasteiger partial charge >= 0.3 is 12.1 Å². The number of nitrogens with two attached hydrogens (primary N) is 1. The van der Waals surface area contributed by atoms with Crippen LogP contribution in [0.1, 0.15) is 11.1 Å². The van der Waals surface area contributed by atoms with Crippen molar-refractivity contribution in [3.8, 4) is 0 Å². The van der Waals surface area contributed by atoms with Crippen LogP contribution in [-0.4, -0.2) is 19.1 Å². The Morgan fingerprint density at radius 1 is 1.44 bits per heavy atom. The lowest BCUT2D eigenvalue weighted by atomic mass is 10.0. The molecule has 0 aliphatic heterocycles. The largest absolute Gasteiger partial charge is 0.468 e. The SMILES string of the molecule is COC(=O)C(N)Cc1cccc(C(F)(F)F)c1F. The maximum Gasteiger partial charge on any atom is 0.419 e. The van der Waals surface area contributed by atoms with Crippen molar-refractivity contribution in [3.63, 3.8) is 0 Å². The van der Waals surface area contributed by atoms with Crippen molar-refractivity contribution in [1.82, 2.24) is 0 Å². The Balaban J connectivity index is 3.02. The van der Waals surface area contributed by atoms with E-state index in [-0.39, 0.29) is 12.0 Å². The average Bonchev–Trinajstić information content (AvgIpc) is 2.29. The molecule has 0 spiro atoms. The highest BCUT2D eigenvalue weighted by atomic mass is 19.4. The summed E-state index contributed by atoms with van der Waals surface area (Å²) in [5.74, 6) is -2.23. The normalized spacial score (nSPS) is 13.2. The van der Waals surface area contributed by atoms with Crippen molar-refractivity contribution >= 4 is 5.97 Å². The van der Waals surface area contributed by atoms with Crippen molar-refractivity contribution in [2.45, 2.75) is 18.6 Å². The molecule has 100 valence electrons. The molecule has 18 heavy (non-hydrogen) atoms. The molecule has 0 fully saturated rings. The number of alkyl halides is 3. The maximum absolute atomic E-state index is 13.6. The Hall–Kier alpha value is -1.63. The van der Waals surface area contributed by atoms with Gasteiger partial charge in [-0.2, -0.15) is 13.2 Å². The predicted molar refractivity (Wildman–Crippen MR) is 55.1 cm³/mol. The Bertz CT molecular complexity index is 445. The Kier molecular flexibility index (Phi) is 4.28. The minimum absolute atomic E-state index is 0.275. The van der Waals surface area contributed by atoms with E-state index in [1.165, 1.54) is 0 Å². The Morgan fingerprint density at radius 3 is 2.56 bits per heavy atom. The van der Waals surface area contributed by atoms with E-state index in [0.717, 1.165) is 19.2 Å². The third kappa shape index (κ3) is 3.19. The zero-order valence-corrected chi connectivity index (χ0v) is 9.42. The number of carbonyl (C=O) groups excluding carboxylic acids is 1. The maximum atomic E-state index is 13.6. The lowest BCUT2D eigenvalue weighted by molar-refractivity contribution is -0.142. The summed E-state index contributed by atoms with van der Waals surface area (Å²) >= 11 is 0. The molecule has 1 aromatic rings. The van der Waals surface area contributed by atoms with E-state index in [1.54, 1.807) is 0 Å². The molecule has 0 aliphatic carbocycles. The summed E-state index contributed by atoms with van der Waals surface area (Å²) < 4.78 is 55.2. The van der Waals surface area contributed by atoms with Gasteiger partial charge in [0.2, 0.25) is 0 Å². The van der Waals surface area contributed by atoms with Gasteiger partial charge in [-0.15, -0.1) is 0 Å². The Morgan fingerprint density at radius 2 is 2.06 bits per heavy atom. The van der Waals surface area contributed by atoms with Gasteiger partial charge in [-0.05, 0) is 11.6 Å². The summed E-state index contributed by atoms with van der Waals surface area (Å²) in [7, 11) is 1.09. The number of hydrogen-bond acceptors (Lipinski definition) is 3. The van der Waals surface area contributed by atoms with Crippen molar-refractivity contribution in [1.29, 1.82) is 0 Å². The summed E-state index contributed by atoms with van der Waals surface area (Å²) in [6, 6.07) is 1.63. The second-order valence-electron chi connectivity index (χ2n) is 3.61. The van der Waals surface area contributed by atoms with Crippen LogP contribution in [0.3, 0.4) is 0 Å². The molecule has 2 N–H and O–H groups in total. The molecule has 1 aromatic carbocycles. The van der Waals surface area contributed by atoms with E-state index in [0.29, 0.717) is 6.07 Å². The number of halogens is 4. The van der Waals surface area contributed by atoms with Gasteiger partial charge in [-0.3, -0.25) is 4.79 Å². The smallest absolute Gasteiger partial charge is 0.419 e. The van der Waals surface area contributed by atoms with Crippen molar-refractivity contribution in [2.24, 2.45) is 5.73 Å². The molecule has 1 unspecified atom stereocenters. The van der Waals surface area contributed by atoms with Gasteiger partial charge in [-0.1, -0.05) is 12.1 Å². The second kappa shape index (κ2) is 5.34. The molecule has 0 bridgehead atoms. The predicted octanol–water partition coefficient (Wildman–Crippen LogP) is 1.89. The van der Waals surface area contributed by atoms with Crippen LogP contribution in [0.5, 0.6) is 0 Å². The molecule has 0 aromatic heterocycles. The number of esters is 1. The number of methoxy groups -OCH3 is 1. The average molecular weight is 265 g/mol. The molecule has 3 nitrogen and oxygen atoms in total. The van der Waals surface area contributed by atoms with Crippen LogP contribution >= 0.6 is 0 Å². The summed E-state index contributed by atoms with van der Waals surface area (Å²) in [4.78, 5) is 11.0. The van der Waals surface area contributed by atoms with E-state index in [4.69, 9.17) is 5.73 Å². The van der Waals surface area contributed by atoms with E-state index in [1.807, 2.05) is 0 Å². The lowest BCUT2D eigenvalue weighted by Gasteiger charge is -2.13. The number of benzene rings is 1. The highest BCUT2D eigenvalue weighted by Crippen LogP contribution is 2.32. The summed E-state index contributed by atoms with van der Waals surface area (Å²) in [6.07, 6.45) is -5.14. The first-order valence-electron chi connectivity index (χ1n) is 4.95. The van der Waals surface area contributed by atoms with Crippen molar-refractivity contribution in [2.75, 3.05) is 7.11 Å². The highest BCUT2D eigenvalue weighted by Gasteiger charge is 2.35. The van der Waals surface area contributed by atoms with Crippen LogP contribution < -0.4 is 5.73 Å². The van der Waals surface area contributed by atoms with Crippen LogP contribution in [0.4, 0.5) is 17.6 Å². The molecule has 0 saturated carbocycles. The van der Waals surface area contributed by atoms with Gasteiger partial charge in [0.05, 0.1) is 12.7 Å². The fourth-order valence-electron chi connectivity index (χ4n) is 1.43. The number of ether oxygens (including phenoxy) is 1.